The van der Waals surface area contributed by atoms with E-state index in [4.69, 9.17) is 0 Å². The fourth-order valence-electron chi connectivity index (χ4n) is 4.48. The smallest absolute Gasteiger partial charge is 0.217 e. The van der Waals surface area contributed by atoms with Crippen molar-refractivity contribution >= 4 is 21.8 Å². The van der Waals surface area contributed by atoms with Crippen molar-refractivity contribution in [3.8, 4) is 12.1 Å². The highest BCUT2D eigenvalue weighted by Crippen LogP contribution is 2.52. The van der Waals surface area contributed by atoms with Crippen LogP contribution in [-0.2, 0) is 0 Å². The molecule has 0 amide bonds. The molecule has 0 bridgehead atoms. The average Bonchev–Trinajstić information content (AvgIpc) is 3.62. The lowest BCUT2D eigenvalue weighted by molar-refractivity contribution is -0.747. The number of hydrogen-bond donors (Lipinski definition) is 2. The Balaban J connectivity index is 2.06. The van der Waals surface area contributed by atoms with E-state index in [1.54, 1.807) is 0 Å². The molecule has 0 unspecified atom stereocenters. The first-order chi connectivity index (χ1) is 14.9. The topological polar surface area (TPSA) is 106 Å². The lowest BCUT2D eigenvalue weighted by atomic mass is 9.73. The van der Waals surface area contributed by atoms with Crippen LogP contribution in [0.15, 0.2) is 70.0 Å². The van der Waals surface area contributed by atoms with Gasteiger partial charge < -0.3 is 15.8 Å². The number of aryl methyl sites for hydroxylation is 1. The Morgan fingerprint density at radius 1 is 1.23 bits per heavy atom. The predicted octanol–water partition coefficient (Wildman–Crippen LogP) is 3.54. The van der Waals surface area contributed by atoms with E-state index in [2.05, 4.69) is 27.3 Å². The minimum Gasteiger partial charge on any atom is -0.762 e. The molecule has 3 atom stereocenters. The zero-order valence-corrected chi connectivity index (χ0v) is 18.5. The second kappa shape index (κ2) is 8.13. The summed E-state index contributed by atoms with van der Waals surface area (Å²) in [7, 11) is 0. The van der Waals surface area contributed by atoms with Crippen molar-refractivity contribution < 1.29 is 9.67 Å². The van der Waals surface area contributed by atoms with Gasteiger partial charge in [-0.05, 0) is 30.5 Å². The Labute approximate surface area is 189 Å². The summed E-state index contributed by atoms with van der Waals surface area (Å²) in [5.41, 5.74) is 0.524. The number of nitrogens with one attached hydrogen (secondary N) is 1. The second-order valence-electron chi connectivity index (χ2n) is 7.95. The van der Waals surface area contributed by atoms with Gasteiger partial charge in [-0.25, -0.2) is 5.87 Å². The monoisotopic (exact) mass is 473 g/mol. The third-order valence-corrected chi connectivity index (χ3v) is 6.63. The Bertz CT molecular complexity index is 1200. The van der Waals surface area contributed by atoms with Crippen molar-refractivity contribution in [2.24, 2.45) is 5.92 Å². The zero-order chi connectivity index (χ0) is 22.2. The number of aliphatic hydroxyl groups is 1. The minimum absolute atomic E-state index is 0.0589. The SMILES string of the molecule is Cc1cccc[n+]1[C@H]1[C@@H](c2ccc(Br)cc2)C(C#N)=C(C(=C=[N-])C#N)N[C@]1(O)C1CC1. The molecule has 1 aromatic heterocycles. The molecule has 0 saturated heterocycles. The van der Waals surface area contributed by atoms with Crippen LogP contribution in [0.5, 0.6) is 0 Å². The van der Waals surface area contributed by atoms with Gasteiger partial charge in [-0.3, -0.25) is 0 Å². The van der Waals surface area contributed by atoms with Crippen molar-refractivity contribution in [2.75, 3.05) is 0 Å². The average molecular weight is 474 g/mol. The zero-order valence-electron chi connectivity index (χ0n) is 16.9. The molecular formula is C24H20BrN5O. The quantitative estimate of drug-likeness (QED) is 0.402. The normalized spacial score (nSPS) is 25.1. The van der Waals surface area contributed by atoms with Crippen LogP contribution in [0.1, 0.15) is 36.1 Å². The molecule has 0 radical (unpaired) electrons. The molecule has 1 aliphatic carbocycles. The van der Waals surface area contributed by atoms with Gasteiger partial charge >= 0.3 is 0 Å². The highest BCUT2D eigenvalue weighted by atomic mass is 79.9. The molecule has 2 heterocycles. The molecule has 6 nitrogen and oxygen atoms in total. The summed E-state index contributed by atoms with van der Waals surface area (Å²) in [5, 5.41) is 44.4. The minimum atomic E-state index is -1.43. The maximum absolute atomic E-state index is 12.0. The number of nitrogens with zero attached hydrogens (tertiary/aromatic N) is 4. The summed E-state index contributed by atoms with van der Waals surface area (Å²) in [4.78, 5) is 0. The molecule has 7 heteroatoms. The van der Waals surface area contributed by atoms with E-state index in [0.717, 1.165) is 28.6 Å². The number of benzene rings is 1. The van der Waals surface area contributed by atoms with Crippen LogP contribution in [0.2, 0.25) is 0 Å². The van der Waals surface area contributed by atoms with Gasteiger partial charge in [0.15, 0.2) is 11.9 Å². The largest absolute Gasteiger partial charge is 0.762 e. The van der Waals surface area contributed by atoms with Crippen LogP contribution < -0.4 is 9.88 Å². The number of rotatable bonds is 4. The molecule has 1 aliphatic heterocycles. The molecule has 2 N–H and O–H groups in total. The van der Waals surface area contributed by atoms with E-state index < -0.39 is 17.7 Å². The van der Waals surface area contributed by atoms with Crippen molar-refractivity contribution in [1.82, 2.24) is 5.32 Å². The fourth-order valence-corrected chi connectivity index (χ4v) is 4.74. The van der Waals surface area contributed by atoms with Crippen molar-refractivity contribution in [1.29, 1.82) is 10.5 Å². The van der Waals surface area contributed by atoms with Gasteiger partial charge in [-0.15, -0.1) is 0 Å². The fraction of sp³-hybridized carbons (Fsp3) is 0.292. The van der Waals surface area contributed by atoms with E-state index in [1.807, 2.05) is 72.1 Å². The predicted molar refractivity (Wildman–Crippen MR) is 118 cm³/mol. The van der Waals surface area contributed by atoms with Crippen LogP contribution in [0, 0.1) is 35.5 Å². The van der Waals surface area contributed by atoms with Crippen molar-refractivity contribution in [3.05, 3.63) is 86.6 Å². The Morgan fingerprint density at radius 3 is 2.48 bits per heavy atom. The van der Waals surface area contributed by atoms with Gasteiger partial charge in [-0.1, -0.05) is 34.1 Å². The summed E-state index contributed by atoms with van der Waals surface area (Å²) in [6.45, 7) is 1.96. The lowest BCUT2D eigenvalue weighted by Crippen LogP contribution is -2.66. The first-order valence-electron chi connectivity index (χ1n) is 9.99. The maximum Gasteiger partial charge on any atom is 0.217 e. The van der Waals surface area contributed by atoms with Crippen molar-refractivity contribution in [2.45, 2.75) is 37.5 Å². The standard InChI is InChI=1S/C24H20BrN5O/c1-15-4-2-3-11-30(15)23-21(16-5-9-19(25)10-6-16)20(14-28)22(17(12-26)13-27)29-24(23,31)18-7-8-18/h2-6,9-11,18,21,23,29,31H,7-8H2,1H3/t21-,23-,24-/m0/s1. The lowest BCUT2D eigenvalue weighted by Gasteiger charge is -2.43. The first kappa shape index (κ1) is 21.0. The molecule has 1 fully saturated rings. The molecule has 4 rings (SSSR count). The van der Waals surface area contributed by atoms with Crippen LogP contribution in [0.4, 0.5) is 0 Å². The third kappa shape index (κ3) is 3.58. The third-order valence-electron chi connectivity index (χ3n) is 6.10. The number of halogens is 1. The summed E-state index contributed by atoms with van der Waals surface area (Å²) in [5.74, 6) is 1.28. The number of aromatic nitrogens is 1. The Hall–Kier alpha value is -3.22. The van der Waals surface area contributed by atoms with E-state index in [1.165, 1.54) is 0 Å². The maximum atomic E-state index is 12.0. The molecule has 31 heavy (non-hydrogen) atoms. The Morgan fingerprint density at radius 2 is 1.94 bits per heavy atom. The number of hydrogen-bond acceptors (Lipinski definition) is 4. The van der Waals surface area contributed by atoms with E-state index in [-0.39, 0.29) is 22.8 Å². The molecule has 1 saturated carbocycles. The van der Waals surface area contributed by atoms with Crippen LogP contribution in [-0.4, -0.2) is 16.7 Å². The number of allylic oxidation sites excluding steroid dienone is 2. The summed E-state index contributed by atoms with van der Waals surface area (Å²) in [6, 6.07) is 17.0. The van der Waals surface area contributed by atoms with Crippen LogP contribution in [0.25, 0.3) is 5.41 Å². The molecule has 1 aromatic carbocycles. The van der Waals surface area contributed by atoms with Crippen molar-refractivity contribution in [3.63, 3.8) is 0 Å². The van der Waals surface area contributed by atoms with Gasteiger partial charge in [0.05, 0.1) is 28.8 Å². The molecule has 0 spiro atoms. The number of nitriles is 2. The summed E-state index contributed by atoms with van der Waals surface area (Å²) < 4.78 is 2.89. The van der Waals surface area contributed by atoms with E-state index in [9.17, 15) is 21.0 Å². The van der Waals surface area contributed by atoms with Gasteiger partial charge in [0.25, 0.3) is 0 Å². The van der Waals surface area contributed by atoms with Crippen LogP contribution >= 0.6 is 15.9 Å². The number of pyridine rings is 1. The van der Waals surface area contributed by atoms with Gasteiger partial charge in [0.2, 0.25) is 11.8 Å². The highest BCUT2D eigenvalue weighted by Gasteiger charge is 2.61. The molecule has 2 aromatic rings. The molecular weight excluding hydrogens is 454 g/mol. The Kier molecular flexibility index (Phi) is 5.52. The molecule has 2 aliphatic rings. The highest BCUT2D eigenvalue weighted by molar-refractivity contribution is 9.10. The van der Waals surface area contributed by atoms with Crippen LogP contribution in [0.3, 0.4) is 0 Å². The summed E-state index contributed by atoms with van der Waals surface area (Å²) >= 11 is 3.45. The van der Waals surface area contributed by atoms with E-state index in [0.29, 0.717) is 0 Å². The second-order valence-corrected chi connectivity index (χ2v) is 8.86. The van der Waals surface area contributed by atoms with Gasteiger partial charge in [-0.2, -0.15) is 15.1 Å². The van der Waals surface area contributed by atoms with Gasteiger partial charge in [0.1, 0.15) is 6.07 Å². The molecule has 154 valence electrons. The van der Waals surface area contributed by atoms with E-state index >= 15 is 0 Å². The van der Waals surface area contributed by atoms with Gasteiger partial charge in [0, 0.05) is 29.4 Å². The first-order valence-corrected chi connectivity index (χ1v) is 10.8. The summed E-state index contributed by atoms with van der Waals surface area (Å²) in [6.07, 6.45) is 3.55.